The molecule has 23 heavy (non-hydrogen) atoms. The number of hydrogen-bond acceptors (Lipinski definition) is 4. The number of carbonyl (C=O) groups excluding carboxylic acids is 1. The molecule has 134 valence electrons. The molecule has 2 unspecified atom stereocenters. The number of ether oxygens (including phenoxy) is 1. The summed E-state index contributed by atoms with van der Waals surface area (Å²) in [7, 11) is 0. The fourth-order valence-corrected chi connectivity index (χ4v) is 3.45. The summed E-state index contributed by atoms with van der Waals surface area (Å²) < 4.78 is 43.6. The van der Waals surface area contributed by atoms with Gasteiger partial charge in [0.15, 0.2) is 0 Å². The van der Waals surface area contributed by atoms with Gasteiger partial charge in [0, 0.05) is 19.7 Å². The van der Waals surface area contributed by atoms with Crippen molar-refractivity contribution in [2.45, 2.75) is 50.4 Å². The highest BCUT2D eigenvalue weighted by Crippen LogP contribution is 2.28. The quantitative estimate of drug-likeness (QED) is 0.796. The zero-order chi connectivity index (χ0) is 16.9. The molecule has 0 bridgehead atoms. The summed E-state index contributed by atoms with van der Waals surface area (Å²) in [6.45, 7) is -0.631. The second-order valence-corrected chi connectivity index (χ2v) is 6.25. The van der Waals surface area contributed by atoms with E-state index in [4.69, 9.17) is 9.84 Å². The van der Waals surface area contributed by atoms with E-state index in [1.165, 1.54) is 0 Å². The number of aliphatic hydroxyl groups is 1. The maximum atomic E-state index is 12.6. The van der Waals surface area contributed by atoms with Gasteiger partial charge in [-0.3, -0.25) is 9.69 Å². The lowest BCUT2D eigenvalue weighted by molar-refractivity contribution is -0.159. The fraction of sp³-hybridized carbons (Fsp3) is 0.933. The van der Waals surface area contributed by atoms with E-state index in [9.17, 15) is 18.0 Å². The van der Waals surface area contributed by atoms with Crippen LogP contribution in [0, 0.1) is 0 Å². The molecule has 0 radical (unpaired) electrons. The number of morpholine rings is 1. The molecular formula is C15H25F3N2O3. The van der Waals surface area contributed by atoms with Crippen LogP contribution < -0.4 is 0 Å². The van der Waals surface area contributed by atoms with Gasteiger partial charge in [0.05, 0.1) is 31.8 Å². The van der Waals surface area contributed by atoms with Crippen molar-refractivity contribution in [3.05, 3.63) is 0 Å². The molecule has 2 atom stereocenters. The van der Waals surface area contributed by atoms with E-state index in [1.807, 2.05) is 0 Å². The molecule has 1 N–H and O–H groups in total. The lowest BCUT2D eigenvalue weighted by atomic mass is 9.90. The van der Waals surface area contributed by atoms with Crippen LogP contribution in [0.3, 0.4) is 0 Å². The first-order valence-electron chi connectivity index (χ1n) is 8.22. The van der Waals surface area contributed by atoms with Crippen molar-refractivity contribution in [1.29, 1.82) is 0 Å². The maximum absolute atomic E-state index is 12.6. The molecule has 2 fully saturated rings. The predicted octanol–water partition coefficient (Wildman–Crippen LogP) is 1.40. The van der Waals surface area contributed by atoms with Gasteiger partial charge in [0.1, 0.15) is 0 Å². The summed E-state index contributed by atoms with van der Waals surface area (Å²) in [6.07, 6.45) is -0.259. The van der Waals surface area contributed by atoms with Crippen molar-refractivity contribution in [2.24, 2.45) is 0 Å². The molecule has 0 spiro atoms. The minimum atomic E-state index is -4.35. The zero-order valence-electron chi connectivity index (χ0n) is 13.2. The van der Waals surface area contributed by atoms with E-state index in [-0.39, 0.29) is 44.2 Å². The molecule has 0 aromatic rings. The largest absolute Gasteiger partial charge is 0.401 e. The Morgan fingerprint density at radius 3 is 2.74 bits per heavy atom. The molecule has 1 aliphatic carbocycles. The van der Waals surface area contributed by atoms with Crippen LogP contribution in [0.5, 0.6) is 0 Å². The molecule has 1 aliphatic heterocycles. The van der Waals surface area contributed by atoms with E-state index in [2.05, 4.69) is 0 Å². The number of halogens is 3. The van der Waals surface area contributed by atoms with Crippen molar-refractivity contribution in [1.82, 2.24) is 9.80 Å². The van der Waals surface area contributed by atoms with Crippen LogP contribution in [-0.4, -0.2) is 78.5 Å². The summed E-state index contributed by atoms with van der Waals surface area (Å²) in [5.74, 6) is -0.271. The Bertz CT molecular complexity index is 391. The Hall–Kier alpha value is -0.860. The molecule has 1 saturated carbocycles. The minimum Gasteiger partial charge on any atom is -0.396 e. The highest BCUT2D eigenvalue weighted by Gasteiger charge is 2.38. The Morgan fingerprint density at radius 2 is 2.04 bits per heavy atom. The average molecular weight is 338 g/mol. The lowest BCUT2D eigenvalue weighted by Crippen LogP contribution is -2.57. The van der Waals surface area contributed by atoms with E-state index in [1.54, 1.807) is 4.90 Å². The number of nitrogens with zero attached hydrogens (tertiary/aromatic N) is 2. The summed E-state index contributed by atoms with van der Waals surface area (Å²) in [5, 5.41) is 8.83. The first-order valence-corrected chi connectivity index (χ1v) is 8.22. The minimum absolute atomic E-state index is 0.00409. The first kappa shape index (κ1) is 18.5. The van der Waals surface area contributed by atoms with Crippen molar-refractivity contribution in [3.63, 3.8) is 0 Å². The van der Waals surface area contributed by atoms with Crippen LogP contribution in [0.25, 0.3) is 0 Å². The number of alkyl halides is 3. The Morgan fingerprint density at radius 1 is 1.30 bits per heavy atom. The molecule has 2 rings (SSSR count). The first-order chi connectivity index (χ1) is 10.9. The maximum Gasteiger partial charge on any atom is 0.401 e. The summed E-state index contributed by atoms with van der Waals surface area (Å²) >= 11 is 0. The van der Waals surface area contributed by atoms with Crippen LogP contribution in [-0.2, 0) is 9.53 Å². The van der Waals surface area contributed by atoms with Gasteiger partial charge in [0.25, 0.3) is 0 Å². The Kier molecular flexibility index (Phi) is 6.67. The van der Waals surface area contributed by atoms with E-state index in [0.717, 1.165) is 30.6 Å². The molecule has 8 heteroatoms. The highest BCUT2D eigenvalue weighted by molar-refractivity contribution is 5.78. The molecule has 2 aliphatic rings. The van der Waals surface area contributed by atoms with Crippen molar-refractivity contribution < 1.29 is 27.8 Å². The highest BCUT2D eigenvalue weighted by atomic mass is 19.4. The van der Waals surface area contributed by atoms with Gasteiger partial charge in [-0.2, -0.15) is 13.2 Å². The van der Waals surface area contributed by atoms with Gasteiger partial charge >= 0.3 is 6.18 Å². The third kappa shape index (κ3) is 5.61. The van der Waals surface area contributed by atoms with Gasteiger partial charge in [-0.05, 0) is 19.3 Å². The smallest absolute Gasteiger partial charge is 0.396 e. The monoisotopic (exact) mass is 338 g/mol. The molecule has 0 aromatic heterocycles. The number of hydrogen-bond donors (Lipinski definition) is 1. The second kappa shape index (κ2) is 8.30. The van der Waals surface area contributed by atoms with E-state index < -0.39 is 12.7 Å². The fourth-order valence-electron chi connectivity index (χ4n) is 3.45. The Labute approximate surface area is 134 Å². The molecule has 0 aromatic carbocycles. The van der Waals surface area contributed by atoms with Crippen molar-refractivity contribution in [3.8, 4) is 0 Å². The lowest BCUT2D eigenvalue weighted by Gasteiger charge is -2.44. The van der Waals surface area contributed by atoms with Crippen molar-refractivity contribution in [2.75, 3.05) is 39.4 Å². The SMILES string of the molecule is O=C(CN(CCCO)CC(F)(F)F)N1CCOC2CCCCC21. The van der Waals surface area contributed by atoms with E-state index >= 15 is 0 Å². The van der Waals surface area contributed by atoms with Gasteiger partial charge in [0.2, 0.25) is 5.91 Å². The van der Waals surface area contributed by atoms with Gasteiger partial charge in [-0.15, -0.1) is 0 Å². The van der Waals surface area contributed by atoms with Crippen LogP contribution in [0.15, 0.2) is 0 Å². The van der Waals surface area contributed by atoms with Crippen LogP contribution in [0.2, 0.25) is 0 Å². The van der Waals surface area contributed by atoms with Gasteiger partial charge < -0.3 is 14.7 Å². The van der Waals surface area contributed by atoms with E-state index in [0.29, 0.717) is 13.2 Å². The van der Waals surface area contributed by atoms with Crippen molar-refractivity contribution >= 4 is 5.91 Å². The molecular weight excluding hydrogens is 313 g/mol. The van der Waals surface area contributed by atoms with Crippen LogP contribution >= 0.6 is 0 Å². The number of rotatable bonds is 6. The molecule has 1 saturated heterocycles. The third-order valence-corrected chi connectivity index (χ3v) is 4.45. The number of amides is 1. The third-order valence-electron chi connectivity index (χ3n) is 4.45. The zero-order valence-corrected chi connectivity index (χ0v) is 13.2. The number of fused-ring (bicyclic) bond motifs is 1. The predicted molar refractivity (Wildman–Crippen MR) is 77.9 cm³/mol. The normalized spacial score (nSPS) is 25.5. The van der Waals surface area contributed by atoms with Gasteiger partial charge in [-0.1, -0.05) is 12.8 Å². The van der Waals surface area contributed by atoms with Crippen LogP contribution in [0.1, 0.15) is 32.1 Å². The van der Waals surface area contributed by atoms with Crippen LogP contribution in [0.4, 0.5) is 13.2 Å². The summed E-state index contributed by atoms with van der Waals surface area (Å²) in [5.41, 5.74) is 0. The number of aliphatic hydroxyl groups excluding tert-OH is 1. The summed E-state index contributed by atoms with van der Waals surface area (Å²) in [6, 6.07) is -0.00409. The summed E-state index contributed by atoms with van der Waals surface area (Å²) in [4.78, 5) is 15.3. The standard InChI is InChI=1S/C15H25F3N2O3/c16-15(17,18)11-19(6-3-8-21)10-14(22)20-7-9-23-13-5-2-1-4-12(13)20/h12-13,21H,1-11H2. The Balaban J connectivity index is 1.95. The average Bonchev–Trinajstić information content (AvgIpc) is 2.50. The molecule has 1 amide bonds. The topological polar surface area (TPSA) is 53.0 Å². The second-order valence-electron chi connectivity index (χ2n) is 6.25. The molecule has 5 nitrogen and oxygen atoms in total. The number of carbonyl (C=O) groups is 1. The molecule has 1 heterocycles. The van der Waals surface area contributed by atoms with Gasteiger partial charge in [-0.25, -0.2) is 0 Å².